The van der Waals surface area contributed by atoms with Gasteiger partial charge in [-0.05, 0) is 56.4 Å². The number of carbonyl (C=O) groups excluding carboxylic acids is 2. The smallest absolute Gasteiger partial charge is 0.415 e. The Morgan fingerprint density at radius 1 is 1.02 bits per heavy atom. The van der Waals surface area contributed by atoms with Gasteiger partial charge in [-0.25, -0.2) is 9.18 Å². The zero-order chi connectivity index (χ0) is 29.5. The van der Waals surface area contributed by atoms with Crippen molar-refractivity contribution < 1.29 is 23.5 Å². The number of ether oxygens (including phenoxy) is 2. The van der Waals surface area contributed by atoms with Gasteiger partial charge in [0.1, 0.15) is 10.8 Å². The second-order valence-electron chi connectivity index (χ2n) is 9.24. The first-order valence-electron chi connectivity index (χ1n) is 12.7. The van der Waals surface area contributed by atoms with E-state index in [0.29, 0.717) is 22.8 Å². The lowest BCUT2D eigenvalue weighted by molar-refractivity contribution is 0.102. The van der Waals surface area contributed by atoms with Crippen LogP contribution in [0, 0.1) is 5.82 Å². The molecular weight excluding hydrogens is 547 g/mol. The minimum Gasteiger partial charge on any atom is -0.480 e. The first-order chi connectivity index (χ1) is 19.7. The van der Waals surface area contributed by atoms with Gasteiger partial charge in [0, 0.05) is 28.7 Å². The highest BCUT2D eigenvalue weighted by atomic mass is 32.1. The molecule has 0 aliphatic heterocycles. The van der Waals surface area contributed by atoms with E-state index in [0.717, 1.165) is 10.4 Å². The third kappa shape index (κ3) is 6.97. The number of halogens is 1. The molecule has 3 N–H and O–H groups in total. The van der Waals surface area contributed by atoms with Gasteiger partial charge >= 0.3 is 6.09 Å². The molecule has 0 atom stereocenters. The van der Waals surface area contributed by atoms with E-state index < -0.39 is 17.8 Å². The van der Waals surface area contributed by atoms with Crippen molar-refractivity contribution in [2.24, 2.45) is 0 Å². The Kier molecular flexibility index (Phi) is 9.48. The fraction of sp³-hybridized carbons (Fsp3) is 0.241. The molecule has 2 aromatic heterocycles. The van der Waals surface area contributed by atoms with E-state index in [9.17, 15) is 14.0 Å². The van der Waals surface area contributed by atoms with Crippen molar-refractivity contribution in [2.75, 3.05) is 43.8 Å². The molecule has 0 spiro atoms. The first kappa shape index (κ1) is 29.4. The number of rotatable bonds is 10. The van der Waals surface area contributed by atoms with Crippen LogP contribution in [0.2, 0.25) is 0 Å². The Hall–Kier alpha value is -4.55. The summed E-state index contributed by atoms with van der Waals surface area (Å²) in [5, 5.41) is 11.0. The Balaban J connectivity index is 1.92. The van der Waals surface area contributed by atoms with Crippen LogP contribution in [-0.4, -0.2) is 54.9 Å². The molecular formula is C29H31FN6O4S. The van der Waals surface area contributed by atoms with Gasteiger partial charge in [0.2, 0.25) is 5.88 Å². The number of nitrogens with one attached hydrogen (secondary N) is 1. The SMILES string of the molecule is CCOC(=O)N(Cc1ccccc1F)c1sc(-c2ccc(N)cc2)c(CN(C)C)c1C(=O)Nc1ccc(OC)nn1. The number of anilines is 3. The molecule has 0 aliphatic carbocycles. The van der Waals surface area contributed by atoms with Gasteiger partial charge in [-0.15, -0.1) is 21.5 Å². The molecule has 41 heavy (non-hydrogen) atoms. The van der Waals surface area contributed by atoms with Crippen LogP contribution >= 0.6 is 11.3 Å². The molecule has 0 radical (unpaired) electrons. The van der Waals surface area contributed by atoms with Crippen LogP contribution in [0.15, 0.2) is 60.7 Å². The molecule has 10 nitrogen and oxygen atoms in total. The predicted octanol–water partition coefficient (Wildman–Crippen LogP) is 5.41. The molecule has 214 valence electrons. The third-order valence-corrected chi connectivity index (χ3v) is 7.28. The number of hydrogen-bond donors (Lipinski definition) is 2. The lowest BCUT2D eigenvalue weighted by Crippen LogP contribution is -2.32. The Morgan fingerprint density at radius 2 is 1.76 bits per heavy atom. The number of thiophene rings is 1. The summed E-state index contributed by atoms with van der Waals surface area (Å²) in [4.78, 5) is 31.3. The summed E-state index contributed by atoms with van der Waals surface area (Å²) in [6.07, 6.45) is -0.712. The van der Waals surface area contributed by atoms with E-state index in [4.69, 9.17) is 15.2 Å². The number of nitrogens with two attached hydrogens (primary N) is 1. The number of amides is 2. The van der Waals surface area contributed by atoms with Gasteiger partial charge in [0.25, 0.3) is 5.91 Å². The number of nitrogen functional groups attached to an aromatic ring is 1. The molecule has 2 heterocycles. The summed E-state index contributed by atoms with van der Waals surface area (Å²) in [5.74, 6) is -0.520. The molecule has 0 unspecified atom stereocenters. The maximum Gasteiger partial charge on any atom is 0.415 e. The molecule has 0 aliphatic rings. The topological polar surface area (TPSA) is 123 Å². The van der Waals surface area contributed by atoms with Crippen molar-refractivity contribution in [1.82, 2.24) is 15.1 Å². The van der Waals surface area contributed by atoms with Crippen LogP contribution in [0.1, 0.15) is 28.4 Å². The van der Waals surface area contributed by atoms with Gasteiger partial charge in [-0.2, -0.15) is 0 Å². The first-order valence-corrected chi connectivity index (χ1v) is 13.6. The van der Waals surface area contributed by atoms with Crippen molar-refractivity contribution >= 4 is 39.8 Å². The fourth-order valence-electron chi connectivity index (χ4n) is 4.10. The standard InChI is InChI=1S/C29H31FN6O4S/c1-5-40-29(38)36(16-19-8-6-7-9-22(19)30)28-25(27(37)32-23-14-15-24(39-4)34-33-23)21(17-35(2)3)26(41-28)18-10-12-20(31)13-11-18/h6-15H,5,16-17,31H2,1-4H3,(H,32,33,37). The van der Waals surface area contributed by atoms with Crippen LogP contribution in [0.3, 0.4) is 0 Å². The third-order valence-electron chi connectivity index (χ3n) is 5.97. The molecule has 2 aromatic carbocycles. The second-order valence-corrected chi connectivity index (χ2v) is 10.2. The molecule has 4 rings (SSSR count). The van der Waals surface area contributed by atoms with Crippen LogP contribution < -0.4 is 20.7 Å². The van der Waals surface area contributed by atoms with Gasteiger partial charge in [0.15, 0.2) is 5.82 Å². The quantitative estimate of drug-likeness (QED) is 0.240. The van der Waals surface area contributed by atoms with Crippen molar-refractivity contribution in [3.63, 3.8) is 0 Å². The van der Waals surface area contributed by atoms with Crippen molar-refractivity contribution in [2.45, 2.75) is 20.0 Å². The average Bonchev–Trinajstić information content (AvgIpc) is 3.31. The van der Waals surface area contributed by atoms with Gasteiger partial charge < -0.3 is 25.4 Å². The molecule has 0 saturated carbocycles. The summed E-state index contributed by atoms with van der Waals surface area (Å²) < 4.78 is 25.2. The monoisotopic (exact) mass is 578 g/mol. The van der Waals surface area contributed by atoms with E-state index in [2.05, 4.69) is 15.5 Å². The highest BCUT2D eigenvalue weighted by molar-refractivity contribution is 7.20. The molecule has 0 saturated heterocycles. The summed E-state index contributed by atoms with van der Waals surface area (Å²) in [6.45, 7) is 1.98. The average molecular weight is 579 g/mol. The van der Waals surface area contributed by atoms with Crippen LogP contribution in [0.4, 0.5) is 25.7 Å². The summed E-state index contributed by atoms with van der Waals surface area (Å²) >= 11 is 1.24. The predicted molar refractivity (Wildman–Crippen MR) is 158 cm³/mol. The summed E-state index contributed by atoms with van der Waals surface area (Å²) in [7, 11) is 5.22. The Labute approximate surface area is 241 Å². The number of aromatic nitrogens is 2. The van der Waals surface area contributed by atoms with E-state index in [1.165, 1.54) is 29.4 Å². The molecule has 0 bridgehead atoms. The number of benzene rings is 2. The zero-order valence-corrected chi connectivity index (χ0v) is 24.0. The van der Waals surface area contributed by atoms with E-state index >= 15 is 0 Å². The maximum absolute atomic E-state index is 14.8. The number of methoxy groups -OCH3 is 1. The zero-order valence-electron chi connectivity index (χ0n) is 23.2. The maximum atomic E-state index is 14.8. The lowest BCUT2D eigenvalue weighted by atomic mass is 10.0. The summed E-state index contributed by atoms with van der Waals surface area (Å²) in [6, 6.07) is 16.5. The van der Waals surface area contributed by atoms with Gasteiger partial charge in [-0.1, -0.05) is 30.3 Å². The summed E-state index contributed by atoms with van der Waals surface area (Å²) in [5.41, 5.74) is 8.50. The van der Waals surface area contributed by atoms with E-state index in [1.54, 1.807) is 49.4 Å². The minimum absolute atomic E-state index is 0.0936. The lowest BCUT2D eigenvalue weighted by Gasteiger charge is -2.22. The number of carbonyl (C=O) groups is 2. The highest BCUT2D eigenvalue weighted by Crippen LogP contribution is 2.44. The minimum atomic E-state index is -0.712. The normalized spacial score (nSPS) is 10.9. The Bertz CT molecular complexity index is 1510. The molecule has 4 aromatic rings. The van der Waals surface area contributed by atoms with Crippen LogP contribution in [0.5, 0.6) is 5.88 Å². The van der Waals surface area contributed by atoms with E-state index in [1.807, 2.05) is 31.1 Å². The van der Waals surface area contributed by atoms with Crippen molar-refractivity contribution in [3.8, 4) is 16.3 Å². The van der Waals surface area contributed by atoms with Gasteiger partial charge in [-0.3, -0.25) is 9.69 Å². The second kappa shape index (κ2) is 13.2. The van der Waals surface area contributed by atoms with Crippen LogP contribution in [-0.2, 0) is 17.8 Å². The number of nitrogens with zero attached hydrogens (tertiary/aromatic N) is 4. The fourth-order valence-corrected chi connectivity index (χ4v) is 5.41. The number of hydrogen-bond acceptors (Lipinski definition) is 9. The van der Waals surface area contributed by atoms with Crippen molar-refractivity contribution in [1.29, 1.82) is 0 Å². The van der Waals surface area contributed by atoms with Gasteiger partial charge in [0.05, 0.1) is 25.8 Å². The van der Waals surface area contributed by atoms with E-state index in [-0.39, 0.29) is 36.0 Å². The highest BCUT2D eigenvalue weighted by Gasteiger charge is 2.32. The molecule has 12 heteroatoms. The largest absolute Gasteiger partial charge is 0.480 e. The molecule has 2 amide bonds. The van der Waals surface area contributed by atoms with Crippen LogP contribution in [0.25, 0.3) is 10.4 Å². The Morgan fingerprint density at radius 3 is 2.37 bits per heavy atom. The van der Waals surface area contributed by atoms with Crippen molar-refractivity contribution in [3.05, 3.63) is 83.2 Å². The molecule has 0 fully saturated rings.